The lowest BCUT2D eigenvalue weighted by molar-refractivity contribution is -0.113. The van der Waals surface area contributed by atoms with Gasteiger partial charge in [-0.05, 0) is 26.0 Å². The Bertz CT molecular complexity index is 1370. The molecule has 3 heterocycles. The van der Waals surface area contributed by atoms with Crippen molar-refractivity contribution in [1.82, 2.24) is 14.6 Å². The molecule has 0 radical (unpaired) electrons. The van der Waals surface area contributed by atoms with Gasteiger partial charge in [0, 0.05) is 17.7 Å². The molecule has 0 atom stereocenters. The van der Waals surface area contributed by atoms with Gasteiger partial charge in [0.05, 0.1) is 11.3 Å². The third-order valence-electron chi connectivity index (χ3n) is 4.90. The first-order valence-electron chi connectivity index (χ1n) is 9.00. The number of amides is 1. The Hall–Kier alpha value is -3.32. The van der Waals surface area contributed by atoms with Crippen molar-refractivity contribution in [3.8, 4) is 11.4 Å². The van der Waals surface area contributed by atoms with Crippen LogP contribution >= 0.6 is 11.3 Å². The Morgan fingerprint density at radius 3 is 2.64 bits per heavy atom. The van der Waals surface area contributed by atoms with Crippen molar-refractivity contribution in [2.45, 2.75) is 13.8 Å². The van der Waals surface area contributed by atoms with Crippen molar-refractivity contribution in [2.24, 2.45) is 0 Å². The topological polar surface area (TPSA) is 67.6 Å². The molecule has 1 aliphatic heterocycles. The zero-order valence-corrected chi connectivity index (χ0v) is 16.2. The molecule has 0 bridgehead atoms. The summed E-state index contributed by atoms with van der Waals surface area (Å²) in [4.78, 5) is 32.7. The maximum absolute atomic E-state index is 13.1. The van der Waals surface area contributed by atoms with Crippen LogP contribution in [0.25, 0.3) is 21.9 Å². The minimum absolute atomic E-state index is 0.149. The van der Waals surface area contributed by atoms with E-state index in [-0.39, 0.29) is 11.5 Å². The molecule has 0 saturated carbocycles. The molecule has 0 N–H and O–H groups in total. The Morgan fingerprint density at radius 1 is 1.07 bits per heavy atom. The van der Waals surface area contributed by atoms with Gasteiger partial charge in [0.1, 0.15) is 4.53 Å². The molecule has 7 heteroatoms. The van der Waals surface area contributed by atoms with Gasteiger partial charge in [-0.2, -0.15) is 9.50 Å². The van der Waals surface area contributed by atoms with E-state index in [1.165, 1.54) is 15.9 Å². The molecule has 2 aromatic carbocycles. The van der Waals surface area contributed by atoms with E-state index < -0.39 is 0 Å². The molecule has 0 spiro atoms. The van der Waals surface area contributed by atoms with E-state index in [1.807, 2.05) is 62.4 Å². The predicted octanol–water partition coefficient (Wildman–Crippen LogP) is 2.41. The summed E-state index contributed by atoms with van der Waals surface area (Å²) >= 11 is 1.21. The van der Waals surface area contributed by atoms with Crippen molar-refractivity contribution < 1.29 is 4.79 Å². The lowest BCUT2D eigenvalue weighted by Gasteiger charge is -2.13. The SMILES string of the molecule is CCN1C(=O)/C(=c2\sc3nc(-c4cccc(C)c4)nn3c2=O)c2ccccc21. The van der Waals surface area contributed by atoms with Crippen LogP contribution in [0.5, 0.6) is 0 Å². The molecule has 1 amide bonds. The fourth-order valence-electron chi connectivity index (χ4n) is 3.61. The standard InChI is InChI=1S/C21H16N4O2S/c1-3-24-15-10-5-4-9-14(15)16(19(24)26)17-20(27)25-21(28-17)22-18(23-25)13-8-6-7-12(2)11-13/h4-11H,3H2,1-2H3/b17-16-. The fourth-order valence-corrected chi connectivity index (χ4v) is 4.60. The summed E-state index contributed by atoms with van der Waals surface area (Å²) < 4.78 is 1.69. The molecule has 1 aliphatic rings. The van der Waals surface area contributed by atoms with Gasteiger partial charge in [-0.3, -0.25) is 9.59 Å². The van der Waals surface area contributed by atoms with Gasteiger partial charge in [-0.25, -0.2) is 0 Å². The van der Waals surface area contributed by atoms with Crippen molar-refractivity contribution in [2.75, 3.05) is 11.4 Å². The molecule has 4 aromatic rings. The summed E-state index contributed by atoms with van der Waals surface area (Å²) in [5.41, 5.74) is 3.73. The van der Waals surface area contributed by atoms with E-state index in [4.69, 9.17) is 0 Å². The van der Waals surface area contributed by atoms with E-state index in [0.717, 1.165) is 22.4 Å². The molecule has 0 fully saturated rings. The monoisotopic (exact) mass is 388 g/mol. The molecule has 138 valence electrons. The smallest absolute Gasteiger partial charge is 0.291 e. The lowest BCUT2D eigenvalue weighted by Crippen LogP contribution is -2.32. The number of anilines is 1. The van der Waals surface area contributed by atoms with Gasteiger partial charge in [0.2, 0.25) is 4.96 Å². The normalized spacial score (nSPS) is 15.5. The molecule has 5 rings (SSSR count). The second kappa shape index (κ2) is 6.10. The van der Waals surface area contributed by atoms with Gasteiger partial charge in [0.25, 0.3) is 11.5 Å². The molecule has 0 unspecified atom stereocenters. The first-order chi connectivity index (χ1) is 13.6. The largest absolute Gasteiger partial charge is 0.308 e. The number of aromatic nitrogens is 3. The number of fused-ring (bicyclic) bond motifs is 2. The van der Waals surface area contributed by atoms with Crippen molar-refractivity contribution in [3.05, 3.63) is 74.5 Å². The number of para-hydroxylation sites is 1. The van der Waals surface area contributed by atoms with Crippen molar-refractivity contribution in [3.63, 3.8) is 0 Å². The number of carbonyl (C=O) groups is 1. The van der Waals surface area contributed by atoms with Crippen LogP contribution < -0.4 is 15.0 Å². The summed E-state index contributed by atoms with van der Waals surface area (Å²) in [7, 11) is 0. The Kier molecular flexibility index (Phi) is 3.67. The van der Waals surface area contributed by atoms with Gasteiger partial charge in [-0.15, -0.1) is 5.10 Å². The van der Waals surface area contributed by atoms with E-state index in [0.29, 0.717) is 27.4 Å². The maximum atomic E-state index is 13.1. The number of thiazole rings is 1. The van der Waals surface area contributed by atoms with Gasteiger partial charge in [-0.1, -0.05) is 53.3 Å². The summed E-state index contributed by atoms with van der Waals surface area (Å²) in [5, 5.41) is 4.40. The van der Waals surface area contributed by atoms with Crippen molar-refractivity contribution >= 4 is 33.5 Å². The highest BCUT2D eigenvalue weighted by Crippen LogP contribution is 2.34. The molecule has 0 saturated heterocycles. The van der Waals surface area contributed by atoms with Crippen LogP contribution in [0.15, 0.2) is 53.3 Å². The fraction of sp³-hybridized carbons (Fsp3) is 0.143. The number of rotatable bonds is 2. The number of likely N-dealkylation sites (N-methyl/N-ethyl adjacent to an activating group) is 1. The molecular weight excluding hydrogens is 372 g/mol. The minimum atomic E-state index is -0.303. The van der Waals surface area contributed by atoms with Crippen LogP contribution in [-0.4, -0.2) is 27.0 Å². The van der Waals surface area contributed by atoms with Crippen LogP contribution in [0.3, 0.4) is 0 Å². The average Bonchev–Trinajstić information content (AvgIpc) is 3.32. The Morgan fingerprint density at radius 2 is 1.89 bits per heavy atom. The zero-order chi connectivity index (χ0) is 19.4. The van der Waals surface area contributed by atoms with Crippen LogP contribution in [0.4, 0.5) is 5.69 Å². The second-order valence-corrected chi connectivity index (χ2v) is 7.65. The summed E-state index contributed by atoms with van der Waals surface area (Å²) in [6.45, 7) is 4.47. The van der Waals surface area contributed by atoms with E-state index in [9.17, 15) is 9.59 Å². The van der Waals surface area contributed by atoms with Gasteiger partial charge < -0.3 is 4.90 Å². The maximum Gasteiger partial charge on any atom is 0.291 e. The lowest BCUT2D eigenvalue weighted by atomic mass is 10.1. The van der Waals surface area contributed by atoms with E-state index in [1.54, 1.807) is 4.90 Å². The molecule has 6 nitrogen and oxygen atoms in total. The number of nitrogens with zero attached hydrogens (tertiary/aromatic N) is 4. The number of hydrogen-bond acceptors (Lipinski definition) is 5. The number of aryl methyl sites for hydroxylation is 1. The molecule has 2 aromatic heterocycles. The highest BCUT2D eigenvalue weighted by Gasteiger charge is 2.33. The summed E-state index contributed by atoms with van der Waals surface area (Å²) in [5.74, 6) is 0.362. The quantitative estimate of drug-likeness (QED) is 0.529. The van der Waals surface area contributed by atoms with Gasteiger partial charge in [0.15, 0.2) is 5.82 Å². The summed E-state index contributed by atoms with van der Waals surface area (Å²) in [6, 6.07) is 15.4. The average molecular weight is 388 g/mol. The van der Waals surface area contributed by atoms with Crippen molar-refractivity contribution in [1.29, 1.82) is 0 Å². The molecular formula is C21H16N4O2S. The van der Waals surface area contributed by atoms with Crippen LogP contribution in [0, 0.1) is 6.92 Å². The molecule has 0 aliphatic carbocycles. The second-order valence-electron chi connectivity index (χ2n) is 6.68. The number of hydrogen-bond donors (Lipinski definition) is 0. The number of carbonyl (C=O) groups excluding carboxylic acids is 1. The minimum Gasteiger partial charge on any atom is -0.308 e. The first kappa shape index (κ1) is 16.8. The third-order valence-corrected chi connectivity index (χ3v) is 5.93. The van der Waals surface area contributed by atoms with E-state index in [2.05, 4.69) is 10.1 Å². The number of benzene rings is 2. The van der Waals surface area contributed by atoms with Gasteiger partial charge >= 0.3 is 0 Å². The zero-order valence-electron chi connectivity index (χ0n) is 15.3. The highest BCUT2D eigenvalue weighted by atomic mass is 32.1. The Labute approximate surface area is 164 Å². The first-order valence-corrected chi connectivity index (χ1v) is 9.82. The third kappa shape index (κ3) is 2.33. The highest BCUT2D eigenvalue weighted by molar-refractivity contribution is 7.15. The summed E-state index contributed by atoms with van der Waals surface area (Å²) in [6.07, 6.45) is 0. The van der Waals surface area contributed by atoms with E-state index >= 15 is 0 Å². The predicted molar refractivity (Wildman–Crippen MR) is 110 cm³/mol. The van der Waals surface area contributed by atoms with Crippen LogP contribution in [0.2, 0.25) is 0 Å². The molecule has 28 heavy (non-hydrogen) atoms. The van der Waals surface area contributed by atoms with Crippen LogP contribution in [-0.2, 0) is 4.79 Å². The Balaban J connectivity index is 1.75. The van der Waals surface area contributed by atoms with Crippen LogP contribution in [0.1, 0.15) is 18.1 Å².